The summed E-state index contributed by atoms with van der Waals surface area (Å²) in [6, 6.07) is 11.3. The van der Waals surface area contributed by atoms with E-state index in [-0.39, 0.29) is 16.6 Å². The molecule has 2 aromatic rings. The molecule has 2 heterocycles. The number of aliphatic hydroxyl groups excluding tert-OH is 1. The van der Waals surface area contributed by atoms with Crippen LogP contribution < -0.4 is 16.6 Å². The molecule has 5 atom stereocenters. The summed E-state index contributed by atoms with van der Waals surface area (Å²) in [5.41, 5.74) is 0.0227. The Bertz CT molecular complexity index is 1230. The molecule has 1 aliphatic rings. The largest absolute Gasteiger partial charge is 0.408 e. The van der Waals surface area contributed by atoms with Crippen LogP contribution in [0.1, 0.15) is 53.3 Å². The fraction of sp³-hybridized carbons (Fsp3) is 0.655. The molecule has 0 saturated carbocycles. The molecule has 224 valence electrons. The van der Waals surface area contributed by atoms with Crippen LogP contribution in [0.3, 0.4) is 0 Å². The van der Waals surface area contributed by atoms with E-state index >= 15 is 0 Å². The number of aromatic amines is 1. The van der Waals surface area contributed by atoms with Gasteiger partial charge in [-0.3, -0.25) is 14.3 Å². The Hall–Kier alpha value is -1.87. The molecule has 1 saturated heterocycles. The molecule has 11 heteroatoms. The van der Waals surface area contributed by atoms with E-state index in [9.17, 15) is 14.7 Å². The van der Waals surface area contributed by atoms with Crippen LogP contribution in [0.4, 0.5) is 0 Å². The van der Waals surface area contributed by atoms with E-state index < -0.39 is 58.5 Å². The summed E-state index contributed by atoms with van der Waals surface area (Å²) in [5.74, 6) is 0. The predicted octanol–water partition coefficient (Wildman–Crippen LogP) is 4.37. The predicted molar refractivity (Wildman–Crippen MR) is 164 cm³/mol. The number of hydrogen-bond donors (Lipinski definition) is 3. The van der Waals surface area contributed by atoms with Gasteiger partial charge in [-0.05, 0) is 41.8 Å². The van der Waals surface area contributed by atoms with Crippen LogP contribution in [0, 0.1) is 0 Å². The van der Waals surface area contributed by atoms with Crippen LogP contribution in [0.25, 0.3) is 0 Å². The van der Waals surface area contributed by atoms with Crippen LogP contribution in [0.15, 0.2) is 52.2 Å². The Morgan fingerprint density at radius 1 is 0.950 bits per heavy atom. The molecule has 2 unspecified atom stereocenters. The van der Waals surface area contributed by atoms with Gasteiger partial charge in [0.2, 0.25) is 0 Å². The lowest BCUT2D eigenvalue weighted by Gasteiger charge is -2.44. The van der Waals surface area contributed by atoms with E-state index in [1.165, 1.54) is 16.8 Å². The van der Waals surface area contributed by atoms with Crippen molar-refractivity contribution in [1.29, 1.82) is 0 Å². The van der Waals surface area contributed by atoms with Crippen molar-refractivity contribution in [2.45, 2.75) is 115 Å². The van der Waals surface area contributed by atoms with Crippen molar-refractivity contribution < 1.29 is 18.7 Å². The van der Waals surface area contributed by atoms with Crippen LogP contribution in [-0.2, 0) is 20.1 Å². The first kappa shape index (κ1) is 32.6. The summed E-state index contributed by atoms with van der Waals surface area (Å²) in [5, 5.41) is 14.6. The number of ether oxygens (including phenoxy) is 1. The fourth-order valence-corrected chi connectivity index (χ4v) is 6.78. The molecule has 0 bridgehead atoms. The van der Waals surface area contributed by atoms with E-state index in [0.29, 0.717) is 6.54 Å². The summed E-state index contributed by atoms with van der Waals surface area (Å²) in [6.07, 6.45) is -2.47. The number of rotatable bonds is 10. The van der Waals surface area contributed by atoms with Crippen molar-refractivity contribution in [2.24, 2.45) is 0 Å². The molecule has 40 heavy (non-hydrogen) atoms. The van der Waals surface area contributed by atoms with Crippen LogP contribution in [0.5, 0.6) is 0 Å². The van der Waals surface area contributed by atoms with Crippen molar-refractivity contribution in [3.8, 4) is 0 Å². The fourth-order valence-electron chi connectivity index (χ4n) is 4.20. The molecule has 3 N–H and O–H groups in total. The Balaban J connectivity index is 2.03. The van der Waals surface area contributed by atoms with E-state index in [1.807, 2.05) is 30.3 Å². The third-order valence-corrected chi connectivity index (χ3v) is 17.7. The average Bonchev–Trinajstić information content (AvgIpc) is 3.15. The Kier molecular flexibility index (Phi) is 9.93. The number of hydrogen-bond acceptors (Lipinski definition) is 7. The summed E-state index contributed by atoms with van der Waals surface area (Å²) >= 11 is 0. The zero-order valence-electron chi connectivity index (χ0n) is 25.8. The SMILES string of the molecule is CC(C)(C)[Si](C)(C)O[C@@H]1[C@H](O[Si](C)(C)C(C)(C)C)C(C(O)CNCc2ccccc2)O[C@H]1n1ccc(=O)[nH]c1=O. The van der Waals surface area contributed by atoms with E-state index in [1.54, 1.807) is 0 Å². The monoisotopic (exact) mass is 591 g/mol. The summed E-state index contributed by atoms with van der Waals surface area (Å²) in [7, 11) is -4.78. The second-order valence-electron chi connectivity index (χ2n) is 13.9. The summed E-state index contributed by atoms with van der Waals surface area (Å²) < 4.78 is 21.8. The Labute approximate surface area is 240 Å². The molecule has 1 fully saturated rings. The standard InChI is InChI=1S/C29H49N3O6Si2/c1-28(2,3)39(7,8)37-24-23(21(33)19-30-18-20-14-12-11-13-15-20)36-26(32-17-16-22(34)31-27(32)35)25(24)38-40(9,10)29(4,5)6/h11-17,21,23-26,30,33H,18-19H2,1-10H3,(H,31,34,35)/t21?,23?,24-,25-,26-/m1/s1. The van der Waals surface area contributed by atoms with E-state index in [4.69, 9.17) is 13.6 Å². The highest BCUT2D eigenvalue weighted by Crippen LogP contribution is 2.45. The van der Waals surface area contributed by atoms with Crippen molar-refractivity contribution in [3.63, 3.8) is 0 Å². The van der Waals surface area contributed by atoms with Gasteiger partial charge in [0, 0.05) is 25.4 Å². The molecule has 0 aliphatic carbocycles. The van der Waals surface area contributed by atoms with Gasteiger partial charge in [0.05, 0.1) is 6.10 Å². The molecule has 9 nitrogen and oxygen atoms in total. The first-order valence-electron chi connectivity index (χ1n) is 14.1. The van der Waals surface area contributed by atoms with Crippen LogP contribution in [0.2, 0.25) is 36.3 Å². The van der Waals surface area contributed by atoms with Gasteiger partial charge in [0.25, 0.3) is 5.56 Å². The Morgan fingerprint density at radius 3 is 2.02 bits per heavy atom. The maximum Gasteiger partial charge on any atom is 0.330 e. The van der Waals surface area contributed by atoms with Crippen molar-refractivity contribution in [2.75, 3.05) is 6.54 Å². The maximum atomic E-state index is 13.0. The lowest BCUT2D eigenvalue weighted by molar-refractivity contribution is -0.0832. The van der Waals surface area contributed by atoms with Crippen molar-refractivity contribution in [3.05, 3.63) is 69.0 Å². The highest BCUT2D eigenvalue weighted by Gasteiger charge is 2.56. The quantitative estimate of drug-likeness (QED) is 0.352. The highest BCUT2D eigenvalue weighted by molar-refractivity contribution is 6.74. The lowest BCUT2D eigenvalue weighted by atomic mass is 10.1. The van der Waals surface area contributed by atoms with Gasteiger partial charge in [-0.25, -0.2) is 4.79 Å². The molecule has 1 aromatic carbocycles. The van der Waals surface area contributed by atoms with E-state index in [0.717, 1.165) is 5.56 Å². The summed E-state index contributed by atoms with van der Waals surface area (Å²) in [4.78, 5) is 27.2. The molecule has 1 aromatic heterocycles. The van der Waals surface area contributed by atoms with Gasteiger partial charge in [0.1, 0.15) is 18.3 Å². The average molecular weight is 592 g/mol. The molecular weight excluding hydrogens is 543 g/mol. The maximum absolute atomic E-state index is 13.0. The smallest absolute Gasteiger partial charge is 0.330 e. The Morgan fingerprint density at radius 2 is 1.50 bits per heavy atom. The van der Waals surface area contributed by atoms with Gasteiger partial charge < -0.3 is 24.0 Å². The topological polar surface area (TPSA) is 115 Å². The number of nitrogens with one attached hydrogen (secondary N) is 2. The third-order valence-electron chi connectivity index (χ3n) is 8.73. The number of nitrogens with zero attached hydrogens (tertiary/aromatic N) is 1. The van der Waals surface area contributed by atoms with E-state index in [2.05, 4.69) is 78.0 Å². The van der Waals surface area contributed by atoms with Gasteiger partial charge in [-0.1, -0.05) is 71.9 Å². The van der Waals surface area contributed by atoms with Crippen LogP contribution >= 0.6 is 0 Å². The zero-order chi connectivity index (χ0) is 30.1. The van der Waals surface area contributed by atoms with Gasteiger partial charge in [0.15, 0.2) is 22.9 Å². The lowest BCUT2D eigenvalue weighted by Crippen LogP contribution is -2.55. The number of benzene rings is 1. The number of aliphatic hydroxyl groups is 1. The molecule has 0 spiro atoms. The molecule has 3 rings (SSSR count). The van der Waals surface area contributed by atoms with Gasteiger partial charge in [-0.2, -0.15) is 0 Å². The first-order chi connectivity index (χ1) is 18.3. The number of aromatic nitrogens is 2. The van der Waals surface area contributed by atoms with Gasteiger partial charge in [-0.15, -0.1) is 0 Å². The molecule has 0 radical (unpaired) electrons. The minimum atomic E-state index is -2.40. The summed E-state index contributed by atoms with van der Waals surface area (Å²) in [6.45, 7) is 22.4. The molecule has 1 aliphatic heterocycles. The van der Waals surface area contributed by atoms with Gasteiger partial charge >= 0.3 is 5.69 Å². The zero-order valence-corrected chi connectivity index (χ0v) is 27.8. The first-order valence-corrected chi connectivity index (χ1v) is 19.9. The molecule has 0 amide bonds. The highest BCUT2D eigenvalue weighted by atomic mass is 28.4. The minimum absolute atomic E-state index is 0.109. The minimum Gasteiger partial charge on any atom is -0.408 e. The molecular formula is C29H49N3O6Si2. The number of H-pyrrole nitrogens is 1. The second-order valence-corrected chi connectivity index (χ2v) is 23.4. The van der Waals surface area contributed by atoms with Crippen LogP contribution in [-0.4, -0.2) is 62.3 Å². The second kappa shape index (κ2) is 12.2. The normalized spacial score (nSPS) is 23.4. The van der Waals surface area contributed by atoms with Crippen molar-refractivity contribution in [1.82, 2.24) is 14.9 Å². The van der Waals surface area contributed by atoms with Crippen molar-refractivity contribution >= 4 is 16.6 Å². The third kappa shape index (κ3) is 7.50.